The highest BCUT2D eigenvalue weighted by atomic mass is 16.6. The lowest BCUT2D eigenvalue weighted by molar-refractivity contribution is -0.146. The SMILES string of the molecule is CCOC(=O)C(=CNc1ncnc2c1c(-c1ccc(OC)cc1)cn2-c1ccc(OC)cc1)C(=O)OCC. The van der Waals surface area contributed by atoms with E-state index in [0.717, 1.165) is 28.3 Å². The van der Waals surface area contributed by atoms with Gasteiger partial charge in [-0.3, -0.25) is 0 Å². The normalized spacial score (nSPS) is 10.5. The Hall–Kier alpha value is -4.86. The van der Waals surface area contributed by atoms with Crippen molar-refractivity contribution in [3.63, 3.8) is 0 Å². The molecule has 0 aliphatic heterocycles. The molecular weight excluding hydrogens is 488 g/mol. The summed E-state index contributed by atoms with van der Waals surface area (Å²) >= 11 is 0. The zero-order valence-corrected chi connectivity index (χ0v) is 21.6. The number of nitrogens with zero attached hydrogens (tertiary/aromatic N) is 3. The monoisotopic (exact) mass is 516 g/mol. The van der Waals surface area contributed by atoms with E-state index in [1.165, 1.54) is 12.5 Å². The number of hydrogen-bond donors (Lipinski definition) is 1. The Kier molecular flexibility index (Phi) is 8.22. The zero-order chi connectivity index (χ0) is 27.1. The summed E-state index contributed by atoms with van der Waals surface area (Å²) in [6.07, 6.45) is 4.61. The number of nitrogens with one attached hydrogen (secondary N) is 1. The number of carbonyl (C=O) groups excluding carboxylic acids is 2. The molecule has 10 nitrogen and oxygen atoms in total. The van der Waals surface area contributed by atoms with Crippen LogP contribution in [-0.2, 0) is 19.1 Å². The number of carbonyl (C=O) groups is 2. The Labute approximate surface area is 219 Å². The quantitative estimate of drug-likeness (QED) is 0.141. The highest BCUT2D eigenvalue weighted by Gasteiger charge is 2.22. The van der Waals surface area contributed by atoms with Crippen LogP contribution in [0.4, 0.5) is 5.82 Å². The van der Waals surface area contributed by atoms with E-state index in [2.05, 4.69) is 15.3 Å². The van der Waals surface area contributed by atoms with Crippen LogP contribution < -0.4 is 14.8 Å². The van der Waals surface area contributed by atoms with Crippen LogP contribution in [0.15, 0.2) is 72.8 Å². The second-order valence-corrected chi connectivity index (χ2v) is 7.90. The number of hydrogen-bond acceptors (Lipinski definition) is 9. The minimum Gasteiger partial charge on any atom is -0.497 e. The first-order valence-electron chi connectivity index (χ1n) is 12.0. The van der Waals surface area contributed by atoms with Crippen LogP contribution >= 0.6 is 0 Å². The van der Waals surface area contributed by atoms with Gasteiger partial charge in [0.2, 0.25) is 0 Å². The van der Waals surface area contributed by atoms with Crippen molar-refractivity contribution in [2.24, 2.45) is 0 Å². The molecule has 10 heteroatoms. The third-order valence-electron chi connectivity index (χ3n) is 5.68. The van der Waals surface area contributed by atoms with Gasteiger partial charge in [-0.15, -0.1) is 0 Å². The highest BCUT2D eigenvalue weighted by molar-refractivity contribution is 6.14. The van der Waals surface area contributed by atoms with Crippen molar-refractivity contribution < 1.29 is 28.5 Å². The van der Waals surface area contributed by atoms with Gasteiger partial charge in [-0.2, -0.15) is 0 Å². The molecule has 0 radical (unpaired) electrons. The van der Waals surface area contributed by atoms with E-state index in [1.807, 2.05) is 59.3 Å². The van der Waals surface area contributed by atoms with Crippen molar-refractivity contribution in [1.29, 1.82) is 0 Å². The zero-order valence-electron chi connectivity index (χ0n) is 21.6. The second-order valence-electron chi connectivity index (χ2n) is 7.90. The lowest BCUT2D eigenvalue weighted by Gasteiger charge is -2.09. The molecule has 4 rings (SSSR count). The van der Waals surface area contributed by atoms with Crippen LogP contribution in [0.5, 0.6) is 11.5 Å². The number of rotatable bonds is 10. The van der Waals surface area contributed by atoms with Crippen molar-refractivity contribution in [2.45, 2.75) is 13.8 Å². The van der Waals surface area contributed by atoms with Gasteiger partial charge in [-0.05, 0) is 55.8 Å². The van der Waals surface area contributed by atoms with Crippen LogP contribution in [0.25, 0.3) is 27.8 Å². The van der Waals surface area contributed by atoms with Crippen molar-refractivity contribution in [1.82, 2.24) is 14.5 Å². The maximum absolute atomic E-state index is 12.4. The van der Waals surface area contributed by atoms with Crippen LogP contribution in [0.2, 0.25) is 0 Å². The Bertz CT molecular complexity index is 1440. The standard InChI is InChI=1S/C28H28N4O6/c1-5-37-27(33)22(28(34)38-6-2)15-29-25-24-23(18-7-11-20(35-3)12-8-18)16-32(26(24)31-17-30-25)19-9-13-21(36-4)14-10-19/h7-17H,5-6H2,1-4H3,(H,29,30,31). The summed E-state index contributed by atoms with van der Waals surface area (Å²) in [6, 6.07) is 15.2. The first kappa shape index (κ1) is 26.2. The van der Waals surface area contributed by atoms with Crippen molar-refractivity contribution in [2.75, 3.05) is 32.8 Å². The molecule has 0 fully saturated rings. The average Bonchev–Trinajstić information content (AvgIpc) is 3.34. The molecule has 0 atom stereocenters. The lowest BCUT2D eigenvalue weighted by atomic mass is 10.1. The minimum atomic E-state index is -0.796. The van der Waals surface area contributed by atoms with Crippen molar-refractivity contribution in [3.05, 3.63) is 72.8 Å². The summed E-state index contributed by atoms with van der Waals surface area (Å²) in [7, 11) is 3.22. The molecular formula is C28H28N4O6. The number of fused-ring (bicyclic) bond motifs is 1. The number of methoxy groups -OCH3 is 2. The minimum absolute atomic E-state index is 0.111. The fourth-order valence-electron chi connectivity index (χ4n) is 3.86. The van der Waals surface area contributed by atoms with Gasteiger partial charge in [0.25, 0.3) is 0 Å². The van der Waals surface area contributed by atoms with E-state index >= 15 is 0 Å². The molecule has 0 saturated heterocycles. The number of aromatic nitrogens is 3. The molecule has 2 aromatic heterocycles. The van der Waals surface area contributed by atoms with Crippen LogP contribution in [0.3, 0.4) is 0 Å². The second kappa shape index (κ2) is 11.9. The predicted molar refractivity (Wildman–Crippen MR) is 142 cm³/mol. The molecule has 0 unspecified atom stereocenters. The van der Waals surface area contributed by atoms with Gasteiger partial charge in [0.1, 0.15) is 23.6 Å². The number of esters is 2. The fourth-order valence-corrected chi connectivity index (χ4v) is 3.86. The summed E-state index contributed by atoms with van der Waals surface area (Å²) in [5, 5.41) is 3.69. The molecule has 0 amide bonds. The topological polar surface area (TPSA) is 114 Å². The Morgan fingerprint density at radius 2 is 1.45 bits per heavy atom. The lowest BCUT2D eigenvalue weighted by Crippen LogP contribution is -2.19. The van der Waals surface area contributed by atoms with Crippen molar-refractivity contribution in [3.8, 4) is 28.3 Å². The summed E-state index contributed by atoms with van der Waals surface area (Å²) in [6.45, 7) is 3.54. The third-order valence-corrected chi connectivity index (χ3v) is 5.68. The molecule has 2 aromatic carbocycles. The fraction of sp³-hybridized carbons (Fsp3) is 0.214. The summed E-state index contributed by atoms with van der Waals surface area (Å²) in [5.74, 6) is 0.246. The largest absolute Gasteiger partial charge is 0.497 e. The first-order valence-corrected chi connectivity index (χ1v) is 12.0. The molecule has 0 aliphatic rings. The van der Waals surface area contributed by atoms with Gasteiger partial charge in [0, 0.05) is 23.6 Å². The molecule has 38 heavy (non-hydrogen) atoms. The van der Waals surface area contributed by atoms with Gasteiger partial charge in [0.15, 0.2) is 11.2 Å². The highest BCUT2D eigenvalue weighted by Crippen LogP contribution is 2.36. The number of ether oxygens (including phenoxy) is 4. The molecule has 1 N–H and O–H groups in total. The van der Waals surface area contributed by atoms with E-state index in [1.54, 1.807) is 28.1 Å². The van der Waals surface area contributed by atoms with Crippen molar-refractivity contribution >= 4 is 28.8 Å². The average molecular weight is 517 g/mol. The van der Waals surface area contributed by atoms with Gasteiger partial charge in [-0.1, -0.05) is 12.1 Å². The van der Waals surface area contributed by atoms with E-state index in [-0.39, 0.29) is 18.8 Å². The molecule has 2 heterocycles. The third kappa shape index (κ3) is 5.44. The van der Waals surface area contributed by atoms with Crippen LogP contribution in [-0.4, -0.2) is 53.9 Å². The van der Waals surface area contributed by atoms with Gasteiger partial charge in [-0.25, -0.2) is 19.6 Å². The van der Waals surface area contributed by atoms with Gasteiger partial charge in [0.05, 0.1) is 32.8 Å². The number of anilines is 1. The maximum atomic E-state index is 12.4. The van der Waals surface area contributed by atoms with Crippen LogP contribution in [0, 0.1) is 0 Å². The predicted octanol–water partition coefficient (Wildman–Crippen LogP) is 4.53. The Morgan fingerprint density at radius 1 is 0.868 bits per heavy atom. The van der Waals surface area contributed by atoms with Gasteiger partial charge < -0.3 is 28.8 Å². The van der Waals surface area contributed by atoms with Gasteiger partial charge >= 0.3 is 11.9 Å². The molecule has 0 bridgehead atoms. The first-order chi connectivity index (χ1) is 18.5. The van der Waals surface area contributed by atoms with E-state index in [9.17, 15) is 9.59 Å². The summed E-state index contributed by atoms with van der Waals surface area (Å²) in [4.78, 5) is 33.9. The van der Waals surface area contributed by atoms with E-state index in [4.69, 9.17) is 18.9 Å². The molecule has 196 valence electrons. The smallest absolute Gasteiger partial charge is 0.347 e. The molecule has 0 spiro atoms. The van der Waals surface area contributed by atoms with E-state index < -0.39 is 11.9 Å². The Balaban J connectivity index is 1.87. The maximum Gasteiger partial charge on any atom is 0.347 e. The Morgan fingerprint density at radius 3 is 2.00 bits per heavy atom. The number of benzene rings is 2. The summed E-state index contributed by atoms with van der Waals surface area (Å²) in [5.41, 5.74) is 2.90. The molecule has 0 saturated carbocycles. The molecule has 0 aliphatic carbocycles. The summed E-state index contributed by atoms with van der Waals surface area (Å²) < 4.78 is 22.6. The molecule has 4 aromatic rings. The van der Waals surface area contributed by atoms with E-state index in [0.29, 0.717) is 16.9 Å². The van der Waals surface area contributed by atoms with Crippen LogP contribution in [0.1, 0.15) is 13.8 Å².